The summed E-state index contributed by atoms with van der Waals surface area (Å²) in [6, 6.07) is 15.9. The number of carbonyl (C=O) groups is 1. The number of aryl methyl sites for hydroxylation is 1. The van der Waals surface area contributed by atoms with Crippen LogP contribution in [0.15, 0.2) is 70.2 Å². The molecule has 2 aromatic heterocycles. The molecule has 1 amide bonds. The number of benzene rings is 2. The van der Waals surface area contributed by atoms with E-state index in [4.69, 9.17) is 9.40 Å². The minimum absolute atomic E-state index is 0.0270. The highest BCUT2D eigenvalue weighted by Gasteiger charge is 2.31. The Morgan fingerprint density at radius 3 is 2.64 bits per heavy atom. The topological polar surface area (TPSA) is 83.7 Å². The predicted octanol–water partition coefficient (Wildman–Crippen LogP) is 5.86. The van der Waals surface area contributed by atoms with Gasteiger partial charge in [-0.1, -0.05) is 36.8 Å². The van der Waals surface area contributed by atoms with Crippen molar-refractivity contribution in [2.75, 3.05) is 11.4 Å². The van der Waals surface area contributed by atoms with Gasteiger partial charge in [0.25, 0.3) is 5.91 Å². The van der Waals surface area contributed by atoms with Gasteiger partial charge < -0.3 is 4.42 Å². The summed E-state index contributed by atoms with van der Waals surface area (Å²) in [6.07, 6.45) is 5.19. The van der Waals surface area contributed by atoms with E-state index in [1.165, 1.54) is 23.5 Å². The zero-order chi connectivity index (χ0) is 25.3. The molecule has 0 N–H and O–H groups in total. The van der Waals surface area contributed by atoms with Crippen LogP contribution in [0.4, 0.5) is 5.13 Å². The molecule has 5 rings (SSSR count). The van der Waals surface area contributed by atoms with Gasteiger partial charge in [-0.3, -0.25) is 9.69 Å². The van der Waals surface area contributed by atoms with E-state index >= 15 is 0 Å². The molecule has 1 fully saturated rings. The van der Waals surface area contributed by atoms with Crippen molar-refractivity contribution >= 4 is 42.6 Å². The number of hydrogen-bond donors (Lipinski definition) is 0. The van der Waals surface area contributed by atoms with Crippen LogP contribution in [-0.2, 0) is 23.0 Å². The van der Waals surface area contributed by atoms with Crippen LogP contribution in [0, 0.1) is 0 Å². The third-order valence-corrected chi connectivity index (χ3v) is 9.76. The fourth-order valence-electron chi connectivity index (χ4n) is 4.67. The van der Waals surface area contributed by atoms with Gasteiger partial charge in [0.05, 0.1) is 27.9 Å². The molecule has 36 heavy (non-hydrogen) atoms. The maximum Gasteiger partial charge on any atom is 0.260 e. The maximum atomic E-state index is 13.7. The van der Waals surface area contributed by atoms with Gasteiger partial charge in [-0.05, 0) is 74.2 Å². The molecule has 1 aliphatic rings. The van der Waals surface area contributed by atoms with Crippen molar-refractivity contribution in [1.82, 2.24) is 9.29 Å². The smallest absolute Gasteiger partial charge is 0.260 e. The Morgan fingerprint density at radius 2 is 1.94 bits per heavy atom. The van der Waals surface area contributed by atoms with E-state index < -0.39 is 10.0 Å². The van der Waals surface area contributed by atoms with Crippen molar-refractivity contribution in [3.8, 4) is 0 Å². The molecule has 0 bridgehead atoms. The zero-order valence-electron chi connectivity index (χ0n) is 20.4. The lowest BCUT2D eigenvalue weighted by Gasteiger charge is -2.32. The quantitative estimate of drug-likeness (QED) is 0.303. The number of carbonyl (C=O) groups excluding carboxylic acids is 1. The number of piperidine rings is 1. The van der Waals surface area contributed by atoms with Crippen molar-refractivity contribution in [2.45, 2.75) is 57.0 Å². The third-order valence-electron chi connectivity index (χ3n) is 6.69. The van der Waals surface area contributed by atoms with Crippen LogP contribution in [-0.4, -0.2) is 36.2 Å². The van der Waals surface area contributed by atoms with Crippen LogP contribution in [0.2, 0.25) is 0 Å². The van der Waals surface area contributed by atoms with Crippen LogP contribution in [0.5, 0.6) is 0 Å². The summed E-state index contributed by atoms with van der Waals surface area (Å²) in [5.74, 6) is 0.371. The van der Waals surface area contributed by atoms with E-state index in [1.807, 2.05) is 31.2 Å². The highest BCUT2D eigenvalue weighted by atomic mass is 32.2. The molecule has 1 atom stereocenters. The first-order valence-electron chi connectivity index (χ1n) is 12.2. The summed E-state index contributed by atoms with van der Waals surface area (Å²) in [5.41, 5.74) is 2.42. The molecule has 7 nitrogen and oxygen atoms in total. The van der Waals surface area contributed by atoms with E-state index in [9.17, 15) is 13.2 Å². The lowest BCUT2D eigenvalue weighted by molar-refractivity contribution is 0.0983. The predicted molar refractivity (Wildman–Crippen MR) is 142 cm³/mol. The molecule has 0 aliphatic carbocycles. The standard InChI is InChI=1S/C27H29N3O4S2/c1-3-20-9-6-11-24-25(20)28-27(35-24)29(18-22-10-7-17-34-22)26(31)21-12-14-23(15-13-21)36(32,33)30-16-5-4-8-19(30)2/h6-7,9-15,17,19H,3-5,8,16,18H2,1-2H3. The van der Waals surface area contributed by atoms with Crippen LogP contribution in [0.25, 0.3) is 10.2 Å². The molecule has 3 heterocycles. The Labute approximate surface area is 215 Å². The lowest BCUT2D eigenvalue weighted by atomic mass is 10.1. The number of furan rings is 1. The van der Waals surface area contributed by atoms with E-state index in [1.54, 1.807) is 33.7 Å². The second kappa shape index (κ2) is 10.2. The fourth-order valence-corrected chi connectivity index (χ4v) is 7.38. The Bertz CT molecular complexity index is 1460. The summed E-state index contributed by atoms with van der Waals surface area (Å²) in [4.78, 5) is 20.3. The van der Waals surface area contributed by atoms with Crippen molar-refractivity contribution < 1.29 is 17.6 Å². The molecular formula is C27H29N3O4S2. The van der Waals surface area contributed by atoms with Crippen LogP contribution in [0.3, 0.4) is 0 Å². The summed E-state index contributed by atoms with van der Waals surface area (Å²) >= 11 is 1.46. The summed E-state index contributed by atoms with van der Waals surface area (Å²) in [7, 11) is -3.61. The number of anilines is 1. The normalized spacial score (nSPS) is 16.9. The molecule has 2 aromatic carbocycles. The minimum Gasteiger partial charge on any atom is -0.467 e. The second-order valence-electron chi connectivity index (χ2n) is 9.07. The van der Waals surface area contributed by atoms with Gasteiger partial charge in [-0.2, -0.15) is 4.31 Å². The van der Waals surface area contributed by atoms with Crippen LogP contribution < -0.4 is 4.90 Å². The second-order valence-corrected chi connectivity index (χ2v) is 12.0. The average molecular weight is 524 g/mol. The Kier molecular flexibility index (Phi) is 6.96. The zero-order valence-corrected chi connectivity index (χ0v) is 22.0. The number of rotatable bonds is 7. The number of sulfonamides is 1. The summed E-state index contributed by atoms with van der Waals surface area (Å²) in [5, 5.41) is 0.575. The molecule has 0 radical (unpaired) electrons. The van der Waals surface area contributed by atoms with Gasteiger partial charge in [0, 0.05) is 18.2 Å². The van der Waals surface area contributed by atoms with Crippen molar-refractivity contribution in [3.05, 3.63) is 77.7 Å². The fraction of sp³-hybridized carbons (Fsp3) is 0.333. The largest absolute Gasteiger partial charge is 0.467 e. The number of thiazole rings is 1. The van der Waals surface area contributed by atoms with Gasteiger partial charge in [0.1, 0.15) is 5.76 Å². The highest BCUT2D eigenvalue weighted by molar-refractivity contribution is 7.89. The molecule has 0 saturated carbocycles. The van der Waals surface area contributed by atoms with E-state index in [0.29, 0.717) is 23.0 Å². The average Bonchev–Trinajstić information content (AvgIpc) is 3.57. The molecule has 1 unspecified atom stereocenters. The Balaban J connectivity index is 1.47. The van der Waals surface area contributed by atoms with Gasteiger partial charge in [0.15, 0.2) is 5.13 Å². The number of para-hydroxylation sites is 1. The first-order chi connectivity index (χ1) is 17.4. The molecule has 1 saturated heterocycles. The van der Waals surface area contributed by atoms with Gasteiger partial charge in [-0.25, -0.2) is 13.4 Å². The maximum absolute atomic E-state index is 13.7. The highest BCUT2D eigenvalue weighted by Crippen LogP contribution is 2.33. The van der Waals surface area contributed by atoms with Gasteiger partial charge in [0.2, 0.25) is 10.0 Å². The molecule has 9 heteroatoms. The van der Waals surface area contributed by atoms with Gasteiger partial charge >= 0.3 is 0 Å². The molecule has 1 aliphatic heterocycles. The molecule has 0 spiro atoms. The first-order valence-corrected chi connectivity index (χ1v) is 14.5. The number of fused-ring (bicyclic) bond motifs is 1. The van der Waals surface area contributed by atoms with E-state index in [2.05, 4.69) is 6.92 Å². The van der Waals surface area contributed by atoms with Gasteiger partial charge in [-0.15, -0.1) is 0 Å². The Morgan fingerprint density at radius 1 is 1.14 bits per heavy atom. The van der Waals surface area contributed by atoms with E-state index in [0.717, 1.165) is 41.5 Å². The number of amides is 1. The third kappa shape index (κ3) is 4.70. The van der Waals surface area contributed by atoms with E-state index in [-0.39, 0.29) is 23.4 Å². The number of aromatic nitrogens is 1. The first kappa shape index (κ1) is 24.7. The van der Waals surface area contributed by atoms with Crippen molar-refractivity contribution in [2.24, 2.45) is 0 Å². The van der Waals surface area contributed by atoms with Crippen molar-refractivity contribution in [3.63, 3.8) is 0 Å². The number of nitrogens with zero attached hydrogens (tertiary/aromatic N) is 3. The van der Waals surface area contributed by atoms with Crippen LogP contribution in [0.1, 0.15) is 54.8 Å². The monoisotopic (exact) mass is 523 g/mol. The van der Waals surface area contributed by atoms with Crippen LogP contribution >= 0.6 is 11.3 Å². The summed E-state index contributed by atoms with van der Waals surface area (Å²) in [6.45, 7) is 4.78. The lowest BCUT2D eigenvalue weighted by Crippen LogP contribution is -2.41. The molecular weight excluding hydrogens is 494 g/mol. The molecule has 188 valence electrons. The minimum atomic E-state index is -3.61. The SMILES string of the molecule is CCc1cccc2sc(N(Cc3ccco3)C(=O)c3ccc(S(=O)(=O)N4CCCCC4C)cc3)nc12. The Hall–Kier alpha value is -3.01. The molecule has 4 aromatic rings. The number of hydrogen-bond acceptors (Lipinski definition) is 6. The summed E-state index contributed by atoms with van der Waals surface area (Å²) < 4.78 is 34.5. The van der Waals surface area contributed by atoms with Crippen molar-refractivity contribution in [1.29, 1.82) is 0 Å².